The molecule has 4 nitrogen and oxygen atoms in total. The second-order valence-electron chi connectivity index (χ2n) is 6.34. The quantitative estimate of drug-likeness (QED) is 0.907. The monoisotopic (exact) mass is 344 g/mol. The van der Waals surface area contributed by atoms with Crippen molar-refractivity contribution in [2.24, 2.45) is 0 Å². The van der Waals surface area contributed by atoms with Crippen LogP contribution in [0.25, 0.3) is 0 Å². The lowest BCUT2D eigenvalue weighted by Gasteiger charge is -2.33. The molecule has 128 valence electrons. The molecule has 2 aromatic carbocycles. The van der Waals surface area contributed by atoms with Crippen LogP contribution in [0.2, 0.25) is 0 Å². The Hall–Kier alpha value is -1.69. The highest BCUT2D eigenvalue weighted by Gasteiger charge is 2.21. The van der Waals surface area contributed by atoms with Crippen molar-refractivity contribution in [1.82, 2.24) is 9.62 Å². The van der Waals surface area contributed by atoms with E-state index in [1.807, 2.05) is 12.1 Å². The standard InChI is InChI=1S/C19H24N2O2S/c1-20-24(22,23)19-11-9-16(10-12-19)14-21-13-5-8-18(15-21)17-6-3-2-4-7-17/h2-4,6-7,9-12,18,20H,5,8,13-15H2,1H3. The van der Waals surface area contributed by atoms with E-state index in [-0.39, 0.29) is 0 Å². The third-order valence-corrected chi connectivity index (χ3v) is 6.12. The predicted octanol–water partition coefficient (Wildman–Crippen LogP) is 2.97. The summed E-state index contributed by atoms with van der Waals surface area (Å²) in [5, 5.41) is 0. The molecule has 0 radical (unpaired) electrons. The summed E-state index contributed by atoms with van der Waals surface area (Å²) in [4.78, 5) is 2.78. The normalized spacial score (nSPS) is 19.3. The minimum Gasteiger partial charge on any atom is -0.298 e. The molecule has 1 heterocycles. The maximum atomic E-state index is 11.8. The van der Waals surface area contributed by atoms with E-state index in [2.05, 4.69) is 40.0 Å². The summed E-state index contributed by atoms with van der Waals surface area (Å²) in [6, 6.07) is 17.9. The van der Waals surface area contributed by atoms with E-state index in [4.69, 9.17) is 0 Å². The van der Waals surface area contributed by atoms with Crippen molar-refractivity contribution in [2.75, 3.05) is 20.1 Å². The Bertz CT molecular complexity index is 758. The molecule has 1 saturated heterocycles. The largest absolute Gasteiger partial charge is 0.298 e. The summed E-state index contributed by atoms with van der Waals surface area (Å²) in [5.41, 5.74) is 2.57. The Morgan fingerprint density at radius 2 is 1.79 bits per heavy atom. The van der Waals surface area contributed by atoms with Crippen molar-refractivity contribution in [3.05, 3.63) is 65.7 Å². The molecule has 5 heteroatoms. The molecule has 1 fully saturated rings. The third-order valence-electron chi connectivity index (χ3n) is 4.69. The molecule has 0 saturated carbocycles. The van der Waals surface area contributed by atoms with Crippen LogP contribution in [0.3, 0.4) is 0 Å². The van der Waals surface area contributed by atoms with Gasteiger partial charge < -0.3 is 0 Å². The summed E-state index contributed by atoms with van der Waals surface area (Å²) in [6.07, 6.45) is 2.44. The predicted molar refractivity (Wildman–Crippen MR) is 96.4 cm³/mol. The van der Waals surface area contributed by atoms with Crippen LogP contribution in [0, 0.1) is 0 Å². The van der Waals surface area contributed by atoms with Gasteiger partial charge in [0.2, 0.25) is 10.0 Å². The molecule has 1 aliphatic rings. The van der Waals surface area contributed by atoms with E-state index in [0.717, 1.165) is 25.2 Å². The minimum atomic E-state index is -3.36. The van der Waals surface area contributed by atoms with Gasteiger partial charge in [0.25, 0.3) is 0 Å². The molecule has 1 atom stereocenters. The topological polar surface area (TPSA) is 49.4 Å². The van der Waals surface area contributed by atoms with Crippen LogP contribution < -0.4 is 4.72 Å². The Labute approximate surface area is 144 Å². The molecule has 24 heavy (non-hydrogen) atoms. The zero-order valence-corrected chi connectivity index (χ0v) is 14.8. The fourth-order valence-corrected chi connectivity index (χ4v) is 4.08. The highest BCUT2D eigenvalue weighted by atomic mass is 32.2. The summed E-state index contributed by atoms with van der Waals surface area (Å²) in [6.45, 7) is 3.02. The number of benzene rings is 2. The second-order valence-corrected chi connectivity index (χ2v) is 8.22. The molecule has 2 aromatic rings. The van der Waals surface area contributed by atoms with Crippen molar-refractivity contribution in [1.29, 1.82) is 0 Å². The number of hydrogen-bond donors (Lipinski definition) is 1. The summed E-state index contributed by atoms with van der Waals surface area (Å²) < 4.78 is 25.9. The number of piperidine rings is 1. The number of likely N-dealkylation sites (tertiary alicyclic amines) is 1. The maximum absolute atomic E-state index is 11.8. The molecule has 0 aliphatic carbocycles. The van der Waals surface area contributed by atoms with Crippen LogP contribution in [-0.2, 0) is 16.6 Å². The fourth-order valence-electron chi connectivity index (χ4n) is 3.35. The number of nitrogens with one attached hydrogen (secondary N) is 1. The molecule has 1 aliphatic heterocycles. The van der Waals surface area contributed by atoms with Gasteiger partial charge in [-0.1, -0.05) is 42.5 Å². The van der Waals surface area contributed by atoms with Crippen LogP contribution >= 0.6 is 0 Å². The highest BCUT2D eigenvalue weighted by molar-refractivity contribution is 7.89. The first-order valence-corrected chi connectivity index (χ1v) is 9.86. The van der Waals surface area contributed by atoms with Gasteiger partial charge in [0.1, 0.15) is 0 Å². The summed E-state index contributed by atoms with van der Waals surface area (Å²) >= 11 is 0. The van der Waals surface area contributed by atoms with Gasteiger partial charge >= 0.3 is 0 Å². The van der Waals surface area contributed by atoms with Gasteiger partial charge in [-0.15, -0.1) is 0 Å². The van der Waals surface area contributed by atoms with Gasteiger partial charge in [-0.3, -0.25) is 4.90 Å². The van der Waals surface area contributed by atoms with Gasteiger partial charge in [-0.05, 0) is 55.6 Å². The van der Waals surface area contributed by atoms with Crippen molar-refractivity contribution >= 4 is 10.0 Å². The van der Waals surface area contributed by atoms with Crippen LogP contribution in [0.15, 0.2) is 59.5 Å². The molecule has 0 bridgehead atoms. The van der Waals surface area contributed by atoms with Gasteiger partial charge in [-0.25, -0.2) is 13.1 Å². The van der Waals surface area contributed by atoms with Crippen molar-refractivity contribution in [3.8, 4) is 0 Å². The number of nitrogens with zero attached hydrogens (tertiary/aromatic N) is 1. The lowest BCUT2D eigenvalue weighted by molar-refractivity contribution is 0.200. The lowest BCUT2D eigenvalue weighted by Crippen LogP contribution is -2.33. The Morgan fingerprint density at radius 1 is 1.08 bits per heavy atom. The molecule has 0 spiro atoms. The first kappa shape index (κ1) is 17.1. The third kappa shape index (κ3) is 4.04. The van der Waals surface area contributed by atoms with E-state index in [1.165, 1.54) is 25.5 Å². The lowest BCUT2D eigenvalue weighted by atomic mass is 9.90. The zero-order valence-electron chi connectivity index (χ0n) is 14.0. The van der Waals surface area contributed by atoms with Crippen LogP contribution in [0.1, 0.15) is 29.9 Å². The first-order valence-electron chi connectivity index (χ1n) is 8.38. The Balaban J connectivity index is 1.65. The summed E-state index contributed by atoms with van der Waals surface area (Å²) in [7, 11) is -1.93. The van der Waals surface area contributed by atoms with Crippen molar-refractivity contribution < 1.29 is 8.42 Å². The van der Waals surface area contributed by atoms with Gasteiger partial charge in [0, 0.05) is 13.1 Å². The van der Waals surface area contributed by atoms with Gasteiger partial charge in [-0.2, -0.15) is 0 Å². The molecule has 0 amide bonds. The Morgan fingerprint density at radius 3 is 2.46 bits per heavy atom. The van der Waals surface area contributed by atoms with Crippen LogP contribution in [0.5, 0.6) is 0 Å². The van der Waals surface area contributed by atoms with E-state index < -0.39 is 10.0 Å². The van der Waals surface area contributed by atoms with E-state index in [9.17, 15) is 8.42 Å². The number of sulfonamides is 1. The number of rotatable bonds is 5. The molecular formula is C19H24N2O2S. The van der Waals surface area contributed by atoms with Crippen molar-refractivity contribution in [2.45, 2.75) is 30.2 Å². The van der Waals surface area contributed by atoms with Crippen molar-refractivity contribution in [3.63, 3.8) is 0 Å². The second kappa shape index (κ2) is 7.47. The maximum Gasteiger partial charge on any atom is 0.240 e. The molecular weight excluding hydrogens is 320 g/mol. The van der Waals surface area contributed by atoms with E-state index in [1.54, 1.807) is 12.1 Å². The Kier molecular flexibility index (Phi) is 5.33. The van der Waals surface area contributed by atoms with Gasteiger partial charge in [0.05, 0.1) is 4.90 Å². The van der Waals surface area contributed by atoms with Crippen LogP contribution in [0.4, 0.5) is 0 Å². The molecule has 1 N–H and O–H groups in total. The van der Waals surface area contributed by atoms with E-state index >= 15 is 0 Å². The minimum absolute atomic E-state index is 0.314. The SMILES string of the molecule is CNS(=O)(=O)c1ccc(CN2CCCC(c3ccccc3)C2)cc1. The average molecular weight is 344 g/mol. The first-order chi connectivity index (χ1) is 11.6. The van der Waals surface area contributed by atoms with Crippen LogP contribution in [-0.4, -0.2) is 33.5 Å². The van der Waals surface area contributed by atoms with Gasteiger partial charge in [0.15, 0.2) is 0 Å². The highest BCUT2D eigenvalue weighted by Crippen LogP contribution is 2.27. The molecule has 3 rings (SSSR count). The smallest absolute Gasteiger partial charge is 0.240 e. The summed E-state index contributed by atoms with van der Waals surface area (Å²) in [5.74, 6) is 0.587. The number of hydrogen-bond acceptors (Lipinski definition) is 3. The fraction of sp³-hybridized carbons (Fsp3) is 0.368. The molecule has 1 unspecified atom stereocenters. The average Bonchev–Trinajstić information content (AvgIpc) is 2.63. The zero-order chi connectivity index (χ0) is 17.0. The molecule has 0 aromatic heterocycles. The van der Waals surface area contributed by atoms with E-state index in [0.29, 0.717) is 10.8 Å².